The van der Waals surface area contributed by atoms with E-state index in [2.05, 4.69) is 75.4 Å². The van der Waals surface area contributed by atoms with Crippen molar-refractivity contribution in [1.82, 2.24) is 5.43 Å². The summed E-state index contributed by atoms with van der Waals surface area (Å²) in [6.45, 7) is 3.62. The minimum Gasteiger partial charge on any atom is -0.412 e. The van der Waals surface area contributed by atoms with Gasteiger partial charge < -0.3 is 15.6 Å². The Morgan fingerprint density at radius 2 is 1.18 bits per heavy atom. The number of hydrogen-bond donors (Lipinski definition) is 3. The topological polar surface area (TPSA) is 168 Å². The van der Waals surface area contributed by atoms with Crippen molar-refractivity contribution in [1.29, 1.82) is 0 Å². The molecule has 3 aromatic carbocycles. The fraction of sp³-hybridized carbons (Fsp3) is 0.140. The molecule has 13 heteroatoms. The molecule has 296 valence electrons. The van der Waals surface area contributed by atoms with Crippen LogP contribution in [0.5, 0.6) is 0 Å². The summed E-state index contributed by atoms with van der Waals surface area (Å²) in [6, 6.07) is 37.3. The number of hydrazone groups is 1. The highest BCUT2D eigenvalue weighted by atomic mass is 32.1. The minimum atomic E-state index is -2.05. The van der Waals surface area contributed by atoms with E-state index in [0.717, 1.165) is 49.6 Å². The number of thiophene rings is 3. The van der Waals surface area contributed by atoms with E-state index in [0.29, 0.717) is 6.04 Å². The quantitative estimate of drug-likeness (QED) is 0.0428. The van der Waals surface area contributed by atoms with Gasteiger partial charge in [-0.05, 0) is 105 Å². The van der Waals surface area contributed by atoms with Crippen LogP contribution in [0.2, 0.25) is 0 Å². The van der Waals surface area contributed by atoms with E-state index >= 15 is 0 Å². The highest BCUT2D eigenvalue weighted by Gasteiger charge is 2.24. The maximum atomic E-state index is 11.5. The standard InChI is InChI=1S/C20H17OP.C7H8N2S.C7H6OS.C5H4OS.C4H10O.H4N2.H2O/c21-16-17-22(18-10-4-1-5-11-18,19-12-6-2-7-13-19)20-14-8-3-9-15-20;1-3-8-9-7(1)6-2-4-10-5-6;8-4-1-2-7-3-5-9-6-7;6-3-5-1-2-7-4-5;1-3-5-4-2;1-2;/h1-17H;2-5,7,9H,1H2;1-6H;1-4H;3-4H2,1-2H3;1-2H2;1H2/b;;2-1+;;;;. The number of aldehydes is 3. The first-order chi connectivity index (χ1) is 27.1. The Labute approximate surface area is 342 Å². The number of ether oxygens (including phenoxy) is 1. The van der Waals surface area contributed by atoms with Gasteiger partial charge in [-0.3, -0.25) is 26.1 Å². The maximum absolute atomic E-state index is 11.5. The third-order valence-electron chi connectivity index (χ3n) is 7.38. The fourth-order valence-corrected chi connectivity index (χ4v) is 10.4. The highest BCUT2D eigenvalue weighted by Crippen LogP contribution is 2.43. The van der Waals surface area contributed by atoms with E-state index in [4.69, 9.17) is 4.74 Å². The maximum Gasteiger partial charge on any atom is 0.150 e. The molecule has 0 bridgehead atoms. The molecule has 1 atom stereocenters. The van der Waals surface area contributed by atoms with Crippen LogP contribution in [-0.4, -0.2) is 49.6 Å². The van der Waals surface area contributed by atoms with Gasteiger partial charge in [0.1, 0.15) is 12.6 Å². The van der Waals surface area contributed by atoms with E-state index in [1.54, 1.807) is 34.8 Å². The normalized spacial score (nSPS) is 12.0. The lowest BCUT2D eigenvalue weighted by Crippen LogP contribution is -2.27. The summed E-state index contributed by atoms with van der Waals surface area (Å²) >= 11 is 4.89. The molecule has 0 fully saturated rings. The molecule has 0 saturated heterocycles. The number of carbonyl (C=O) groups excluding carboxylic acids is 3. The summed E-state index contributed by atoms with van der Waals surface area (Å²) in [5.41, 5.74) is 6.24. The van der Waals surface area contributed by atoms with Crippen molar-refractivity contribution in [3.05, 3.63) is 164 Å². The number of nitrogens with two attached hydrogens (primary N) is 2. The summed E-state index contributed by atoms with van der Waals surface area (Å²) in [5, 5.41) is 19.4. The largest absolute Gasteiger partial charge is 0.412 e. The molecule has 0 aliphatic carbocycles. The van der Waals surface area contributed by atoms with Crippen molar-refractivity contribution in [2.45, 2.75) is 26.3 Å². The zero-order chi connectivity index (χ0) is 39.8. The summed E-state index contributed by atoms with van der Waals surface area (Å²) in [5.74, 6) is 9.85. The van der Waals surface area contributed by atoms with E-state index in [1.807, 2.05) is 108 Å². The number of allylic oxidation sites excluding steroid dienone is 1. The van der Waals surface area contributed by atoms with Crippen LogP contribution in [-0.2, 0) is 14.3 Å². The Morgan fingerprint density at radius 1 is 0.696 bits per heavy atom. The molecule has 0 spiro atoms. The predicted octanol–water partition coefficient (Wildman–Crippen LogP) is 7.31. The van der Waals surface area contributed by atoms with Crippen molar-refractivity contribution >= 4 is 93.8 Å². The zero-order valence-electron chi connectivity index (χ0n) is 31.5. The lowest BCUT2D eigenvalue weighted by atomic mass is 10.1. The van der Waals surface area contributed by atoms with Gasteiger partial charge >= 0.3 is 0 Å². The predicted molar refractivity (Wildman–Crippen MR) is 244 cm³/mol. The molecule has 0 saturated carbocycles. The number of hydrogen-bond acceptors (Lipinski definition) is 11. The number of rotatable bonds is 10. The second kappa shape index (κ2) is 31.3. The molecular weight excluding hydrogens is 780 g/mol. The minimum absolute atomic E-state index is 0. The van der Waals surface area contributed by atoms with Crippen LogP contribution < -0.4 is 33.0 Å². The van der Waals surface area contributed by atoms with Gasteiger partial charge in [0.15, 0.2) is 6.29 Å². The molecule has 7 N–H and O–H groups in total. The molecule has 7 rings (SSSR count). The monoisotopic (exact) mass is 830 g/mol. The Hall–Kier alpha value is -4.88. The van der Waals surface area contributed by atoms with Crippen LogP contribution >= 0.6 is 40.9 Å². The smallest absolute Gasteiger partial charge is 0.150 e. The van der Waals surface area contributed by atoms with Crippen molar-refractivity contribution in [3.8, 4) is 0 Å². The summed E-state index contributed by atoms with van der Waals surface area (Å²) < 4.78 is 4.83. The first kappa shape index (κ1) is 49.1. The molecule has 6 aromatic rings. The van der Waals surface area contributed by atoms with Crippen molar-refractivity contribution < 1.29 is 24.6 Å². The lowest BCUT2D eigenvalue weighted by molar-refractivity contribution is -0.104. The number of nitrogens with one attached hydrogen (secondary N) is 1. The first-order valence-electron chi connectivity index (χ1n) is 17.3. The van der Waals surface area contributed by atoms with E-state index < -0.39 is 6.89 Å². The second-order valence-electron chi connectivity index (χ2n) is 10.8. The molecule has 0 radical (unpaired) electrons. The van der Waals surface area contributed by atoms with Gasteiger partial charge in [-0.1, -0.05) is 97.1 Å². The summed E-state index contributed by atoms with van der Waals surface area (Å²) in [7, 11) is 0. The van der Waals surface area contributed by atoms with Crippen LogP contribution in [0.4, 0.5) is 0 Å². The highest BCUT2D eigenvalue weighted by molar-refractivity contribution is 7.95. The van der Waals surface area contributed by atoms with Crippen LogP contribution in [0.15, 0.2) is 153 Å². The molecule has 1 unspecified atom stereocenters. The van der Waals surface area contributed by atoms with Gasteiger partial charge in [0.25, 0.3) is 0 Å². The first-order valence-corrected chi connectivity index (χ1v) is 22.0. The van der Waals surface area contributed by atoms with E-state index in [1.165, 1.54) is 38.9 Å². The summed E-state index contributed by atoms with van der Waals surface area (Å²) in [6.07, 6.45) is 8.78. The van der Waals surface area contributed by atoms with Gasteiger partial charge in [-0.15, -0.1) is 0 Å². The van der Waals surface area contributed by atoms with Gasteiger partial charge in [-0.2, -0.15) is 39.1 Å². The van der Waals surface area contributed by atoms with Crippen LogP contribution in [0.1, 0.15) is 47.8 Å². The lowest BCUT2D eigenvalue weighted by Gasteiger charge is -2.27. The third-order valence-corrected chi connectivity index (χ3v) is 13.4. The molecular formula is C43H51N4O5PS3. The van der Waals surface area contributed by atoms with Crippen molar-refractivity contribution in [3.63, 3.8) is 0 Å². The molecule has 4 heterocycles. The van der Waals surface area contributed by atoms with Crippen LogP contribution in [0, 0.1) is 0 Å². The zero-order valence-corrected chi connectivity index (χ0v) is 34.8. The Kier molecular flexibility index (Phi) is 27.5. The molecule has 0 amide bonds. The van der Waals surface area contributed by atoms with Gasteiger partial charge in [0.2, 0.25) is 0 Å². The van der Waals surface area contributed by atoms with Gasteiger partial charge in [0, 0.05) is 36.8 Å². The second-order valence-corrected chi connectivity index (χ2v) is 16.4. The number of nitrogens with zero attached hydrogens (tertiary/aromatic N) is 1. The number of hydrazine groups is 1. The van der Waals surface area contributed by atoms with Crippen LogP contribution in [0.3, 0.4) is 0 Å². The Morgan fingerprint density at radius 3 is 1.50 bits per heavy atom. The Balaban J connectivity index is 0.000000385. The SMILES string of the molecule is C1=NNC(c2ccsc2)C1.CCOCC.NN.O.O=C/C=C/c1ccsc1.O=CC=P(c1ccccc1)(c1ccccc1)c1ccccc1.O=Cc1ccsc1. The summed E-state index contributed by atoms with van der Waals surface area (Å²) in [4.78, 5) is 31.2. The van der Waals surface area contributed by atoms with Crippen molar-refractivity contribution in [2.24, 2.45) is 16.8 Å². The van der Waals surface area contributed by atoms with Gasteiger partial charge in [0.05, 0.1) is 6.04 Å². The third kappa shape index (κ3) is 17.3. The van der Waals surface area contributed by atoms with Crippen molar-refractivity contribution in [2.75, 3.05) is 13.2 Å². The van der Waals surface area contributed by atoms with E-state index in [-0.39, 0.29) is 5.48 Å². The molecule has 1 aliphatic heterocycles. The van der Waals surface area contributed by atoms with Crippen LogP contribution in [0.25, 0.3) is 6.08 Å². The van der Waals surface area contributed by atoms with E-state index in [9.17, 15) is 14.4 Å². The number of benzene rings is 3. The fourth-order valence-electron chi connectivity index (χ4n) is 4.89. The number of carbonyl (C=O) groups is 3. The molecule has 1 aliphatic rings. The molecule has 9 nitrogen and oxygen atoms in total. The average Bonchev–Trinajstić information content (AvgIpc) is 4.11. The molecule has 56 heavy (non-hydrogen) atoms. The Bertz CT molecular complexity index is 1830. The average molecular weight is 831 g/mol. The van der Waals surface area contributed by atoms with Gasteiger partial charge in [-0.25, -0.2) is 0 Å². The molecule has 3 aromatic heterocycles.